The Morgan fingerprint density at radius 3 is 1.67 bits per heavy atom. The summed E-state index contributed by atoms with van der Waals surface area (Å²) in [6.07, 6.45) is 7.62. The zero-order chi connectivity index (χ0) is 11.6. The van der Waals surface area contributed by atoms with E-state index in [-0.39, 0.29) is 0 Å². The van der Waals surface area contributed by atoms with Gasteiger partial charge in [0.05, 0.1) is 0 Å². The van der Waals surface area contributed by atoms with Crippen LogP contribution in [0.5, 0.6) is 0 Å². The third kappa shape index (κ3) is 8.29. The van der Waals surface area contributed by atoms with Crippen molar-refractivity contribution in [2.24, 2.45) is 0 Å². The van der Waals surface area contributed by atoms with Crippen LogP contribution in [0.1, 0.15) is 59.3 Å². The Morgan fingerprint density at radius 2 is 1.33 bits per heavy atom. The smallest absolute Gasteiger partial charge is 0.290 e. The molecular weight excluding hydrogens is 224 g/mol. The summed E-state index contributed by atoms with van der Waals surface area (Å²) >= 11 is 6.63. The Kier molecular flexibility index (Phi) is 9.98. The lowest BCUT2D eigenvalue weighted by Gasteiger charge is -2.23. The van der Waals surface area contributed by atoms with E-state index in [0.717, 1.165) is 18.7 Å². The summed E-state index contributed by atoms with van der Waals surface area (Å²) in [6, 6.07) is 2.28. The maximum absolute atomic E-state index is 6.63. The molecule has 0 saturated heterocycles. The molecule has 0 spiro atoms. The van der Waals surface area contributed by atoms with E-state index in [4.69, 9.17) is 15.5 Å². The molecule has 0 amide bonds. The predicted molar refractivity (Wildman–Crippen MR) is 71.9 cm³/mol. The number of halogens is 1. The second-order valence-electron chi connectivity index (χ2n) is 4.23. The van der Waals surface area contributed by atoms with Crippen molar-refractivity contribution in [2.45, 2.75) is 71.4 Å². The maximum atomic E-state index is 6.63. The summed E-state index contributed by atoms with van der Waals surface area (Å²) < 4.78 is 5.83. The molecule has 0 radical (unpaired) electrons. The first-order valence-corrected chi connectivity index (χ1v) is 9.84. The van der Waals surface area contributed by atoms with Crippen LogP contribution in [0.15, 0.2) is 0 Å². The standard InChI is InChI=1S/C12H27ClOSi/c1-4-7-9-11-15(13,14-6-3)12-10-8-5-2/h4-12H2,1-3H3. The van der Waals surface area contributed by atoms with Crippen LogP contribution in [0.25, 0.3) is 0 Å². The van der Waals surface area contributed by atoms with Gasteiger partial charge in [0.25, 0.3) is 7.63 Å². The first-order valence-electron chi connectivity index (χ1n) is 6.51. The molecule has 0 N–H and O–H groups in total. The monoisotopic (exact) mass is 250 g/mol. The molecule has 0 aliphatic heterocycles. The highest BCUT2D eigenvalue weighted by Crippen LogP contribution is 2.27. The molecule has 15 heavy (non-hydrogen) atoms. The second-order valence-corrected chi connectivity index (χ2v) is 9.35. The molecule has 0 saturated carbocycles. The quantitative estimate of drug-likeness (QED) is 0.298. The van der Waals surface area contributed by atoms with Crippen molar-refractivity contribution < 1.29 is 4.43 Å². The molecular formula is C12H27ClOSi. The molecule has 0 aliphatic carbocycles. The third-order valence-corrected chi connectivity index (χ3v) is 7.18. The topological polar surface area (TPSA) is 9.23 Å². The minimum atomic E-state index is -1.85. The van der Waals surface area contributed by atoms with Gasteiger partial charge in [-0.2, -0.15) is 0 Å². The van der Waals surface area contributed by atoms with E-state index in [2.05, 4.69) is 20.8 Å². The molecule has 0 aromatic carbocycles. The zero-order valence-electron chi connectivity index (χ0n) is 10.7. The Labute approximate surface area is 101 Å². The lowest BCUT2D eigenvalue weighted by molar-refractivity contribution is 0.331. The molecule has 3 heteroatoms. The zero-order valence-corrected chi connectivity index (χ0v) is 12.4. The molecule has 0 aromatic heterocycles. The van der Waals surface area contributed by atoms with Crippen molar-refractivity contribution in [1.29, 1.82) is 0 Å². The van der Waals surface area contributed by atoms with Crippen LogP contribution in [0.3, 0.4) is 0 Å². The summed E-state index contributed by atoms with van der Waals surface area (Å²) in [4.78, 5) is 0. The highest BCUT2D eigenvalue weighted by Gasteiger charge is 2.30. The Hall–Kier alpha value is 0.467. The van der Waals surface area contributed by atoms with E-state index >= 15 is 0 Å². The van der Waals surface area contributed by atoms with Crippen molar-refractivity contribution in [3.05, 3.63) is 0 Å². The summed E-state index contributed by atoms with van der Waals surface area (Å²) in [7, 11) is -1.85. The van der Waals surface area contributed by atoms with E-state index in [1.807, 2.05) is 0 Å². The third-order valence-electron chi connectivity index (χ3n) is 2.71. The number of hydrogen-bond acceptors (Lipinski definition) is 1. The lowest BCUT2D eigenvalue weighted by atomic mass is 10.3. The molecule has 92 valence electrons. The lowest BCUT2D eigenvalue weighted by Crippen LogP contribution is -2.31. The number of hydrogen-bond donors (Lipinski definition) is 0. The molecule has 1 nitrogen and oxygen atoms in total. The van der Waals surface area contributed by atoms with Crippen LogP contribution in [-0.4, -0.2) is 14.2 Å². The maximum Gasteiger partial charge on any atom is 0.290 e. The van der Waals surface area contributed by atoms with Gasteiger partial charge < -0.3 is 4.43 Å². The van der Waals surface area contributed by atoms with Crippen molar-refractivity contribution in [2.75, 3.05) is 6.61 Å². The van der Waals surface area contributed by atoms with E-state index in [1.54, 1.807) is 0 Å². The van der Waals surface area contributed by atoms with Crippen LogP contribution < -0.4 is 0 Å². The molecule has 0 atom stereocenters. The highest BCUT2D eigenvalue weighted by atomic mass is 35.6. The van der Waals surface area contributed by atoms with E-state index < -0.39 is 7.63 Å². The van der Waals surface area contributed by atoms with Gasteiger partial charge in [-0.3, -0.25) is 0 Å². The first kappa shape index (κ1) is 15.5. The summed E-state index contributed by atoms with van der Waals surface area (Å²) in [5, 5.41) is 0. The van der Waals surface area contributed by atoms with Crippen LogP contribution >= 0.6 is 11.1 Å². The van der Waals surface area contributed by atoms with E-state index in [9.17, 15) is 0 Å². The van der Waals surface area contributed by atoms with Crippen LogP contribution in [0.2, 0.25) is 12.1 Å². The van der Waals surface area contributed by atoms with Crippen molar-refractivity contribution in [3.63, 3.8) is 0 Å². The fourth-order valence-corrected chi connectivity index (χ4v) is 5.55. The van der Waals surface area contributed by atoms with Crippen molar-refractivity contribution >= 4 is 18.7 Å². The highest BCUT2D eigenvalue weighted by molar-refractivity contribution is 7.16. The number of unbranched alkanes of at least 4 members (excludes halogenated alkanes) is 4. The van der Waals surface area contributed by atoms with Gasteiger partial charge in [0, 0.05) is 6.61 Å². The fourth-order valence-electron chi connectivity index (χ4n) is 1.81. The number of rotatable bonds is 10. The molecule has 0 aromatic rings. The van der Waals surface area contributed by atoms with Gasteiger partial charge in [0.15, 0.2) is 0 Å². The Bertz CT molecular complexity index is 132. The fraction of sp³-hybridized carbons (Fsp3) is 1.00. The van der Waals surface area contributed by atoms with Gasteiger partial charge in [-0.25, -0.2) is 0 Å². The minimum absolute atomic E-state index is 0.786. The van der Waals surface area contributed by atoms with Gasteiger partial charge in [-0.1, -0.05) is 52.4 Å². The predicted octanol–water partition coefficient (Wildman–Crippen LogP) is 5.08. The second kappa shape index (κ2) is 9.68. The normalized spacial score (nSPS) is 12.0. The first-order chi connectivity index (χ1) is 7.18. The summed E-state index contributed by atoms with van der Waals surface area (Å²) in [5.41, 5.74) is 0. The SMILES string of the molecule is CCCCC[Si](Cl)(CCCCC)OCC. The minimum Gasteiger partial charge on any atom is -0.403 e. The van der Waals surface area contributed by atoms with Crippen molar-refractivity contribution in [3.8, 4) is 0 Å². The average Bonchev–Trinajstić information content (AvgIpc) is 2.19. The molecule has 0 aliphatic rings. The van der Waals surface area contributed by atoms with Gasteiger partial charge in [0.1, 0.15) is 0 Å². The van der Waals surface area contributed by atoms with Crippen LogP contribution in [-0.2, 0) is 4.43 Å². The van der Waals surface area contributed by atoms with E-state index in [1.165, 1.54) is 38.5 Å². The van der Waals surface area contributed by atoms with Gasteiger partial charge >= 0.3 is 0 Å². The molecule has 0 bridgehead atoms. The van der Waals surface area contributed by atoms with Crippen molar-refractivity contribution in [1.82, 2.24) is 0 Å². The Balaban J connectivity index is 3.83. The van der Waals surface area contributed by atoms with Gasteiger partial charge in [-0.05, 0) is 19.0 Å². The molecule has 0 heterocycles. The summed E-state index contributed by atoms with van der Waals surface area (Å²) in [5.74, 6) is 0. The molecule has 0 fully saturated rings. The molecule has 0 unspecified atom stereocenters. The van der Waals surface area contributed by atoms with E-state index in [0.29, 0.717) is 0 Å². The molecule has 0 rings (SSSR count). The summed E-state index contributed by atoms with van der Waals surface area (Å²) in [6.45, 7) is 7.31. The van der Waals surface area contributed by atoms with Crippen LogP contribution in [0, 0.1) is 0 Å². The Morgan fingerprint density at radius 1 is 0.867 bits per heavy atom. The van der Waals surface area contributed by atoms with Gasteiger partial charge in [-0.15, -0.1) is 11.1 Å². The average molecular weight is 251 g/mol. The van der Waals surface area contributed by atoms with Gasteiger partial charge in [0.2, 0.25) is 0 Å². The van der Waals surface area contributed by atoms with Crippen LogP contribution in [0.4, 0.5) is 0 Å². The largest absolute Gasteiger partial charge is 0.403 e.